The molecule has 6 nitrogen and oxygen atoms in total. The van der Waals surface area contributed by atoms with Crippen LogP contribution in [0.4, 0.5) is 0 Å². The van der Waals surface area contributed by atoms with Gasteiger partial charge in [-0.2, -0.15) is 0 Å². The molecule has 1 aromatic rings. The largest absolute Gasteiger partial charge is 0.380 e. The summed E-state index contributed by atoms with van der Waals surface area (Å²) in [5.74, 6) is 0. The predicted molar refractivity (Wildman–Crippen MR) is 140 cm³/mol. The maximum atomic E-state index is 6.24. The van der Waals surface area contributed by atoms with Crippen LogP contribution in [0.1, 0.15) is 76.0 Å². The fourth-order valence-electron chi connectivity index (χ4n) is 5.30. The monoisotopic (exact) mass is 504 g/mol. The Balaban J connectivity index is 1.31. The third-order valence-electron chi connectivity index (χ3n) is 9.16. The van der Waals surface area contributed by atoms with Crippen LogP contribution in [0.5, 0.6) is 0 Å². The zero-order chi connectivity index (χ0) is 25.3. The number of ether oxygens (including phenoxy) is 6. The number of hydrogen-bond acceptors (Lipinski definition) is 6. The molecule has 36 heavy (non-hydrogen) atoms. The summed E-state index contributed by atoms with van der Waals surface area (Å²) < 4.78 is 35.0. The van der Waals surface area contributed by atoms with Gasteiger partial charge in [-0.15, -0.1) is 0 Å². The molecule has 1 aromatic carbocycles. The SMILES string of the molecule is CCC1(CCOCc2cccc(COCCC3(CC)COC3)c2COCCC2(CC)COC2)COC1. The summed E-state index contributed by atoms with van der Waals surface area (Å²) in [5.41, 5.74) is 4.60. The molecule has 0 aromatic heterocycles. The van der Waals surface area contributed by atoms with Crippen molar-refractivity contribution in [2.75, 3.05) is 59.5 Å². The first-order valence-electron chi connectivity index (χ1n) is 14.1. The van der Waals surface area contributed by atoms with Crippen LogP contribution in [-0.4, -0.2) is 59.5 Å². The van der Waals surface area contributed by atoms with Gasteiger partial charge in [0.2, 0.25) is 0 Å². The first-order chi connectivity index (χ1) is 17.6. The van der Waals surface area contributed by atoms with Crippen LogP contribution in [0.2, 0.25) is 0 Å². The summed E-state index contributed by atoms with van der Waals surface area (Å²) in [5, 5.41) is 0. The van der Waals surface area contributed by atoms with Gasteiger partial charge in [0.1, 0.15) is 0 Å². The van der Waals surface area contributed by atoms with Gasteiger partial charge in [0.15, 0.2) is 0 Å². The van der Waals surface area contributed by atoms with Gasteiger partial charge in [-0.1, -0.05) is 39.0 Å². The quantitative estimate of drug-likeness (QED) is 0.240. The van der Waals surface area contributed by atoms with Crippen molar-refractivity contribution in [1.29, 1.82) is 0 Å². The minimum atomic E-state index is 0.315. The highest BCUT2D eigenvalue weighted by molar-refractivity contribution is 5.34. The second-order valence-electron chi connectivity index (χ2n) is 11.5. The van der Waals surface area contributed by atoms with Crippen LogP contribution in [0.3, 0.4) is 0 Å². The first kappa shape index (κ1) is 28.0. The summed E-state index contributed by atoms with van der Waals surface area (Å²) in [6.07, 6.45) is 6.62. The molecule has 0 unspecified atom stereocenters. The highest BCUT2D eigenvalue weighted by Gasteiger charge is 2.37. The molecule has 3 aliphatic heterocycles. The summed E-state index contributed by atoms with van der Waals surface area (Å²) in [4.78, 5) is 0. The Morgan fingerprint density at radius 3 is 1.25 bits per heavy atom. The molecule has 3 saturated heterocycles. The molecule has 0 atom stereocenters. The summed E-state index contributed by atoms with van der Waals surface area (Å²) in [7, 11) is 0. The highest BCUT2D eigenvalue weighted by atomic mass is 16.5. The second kappa shape index (κ2) is 13.2. The van der Waals surface area contributed by atoms with Gasteiger partial charge in [0.05, 0.1) is 59.5 Å². The van der Waals surface area contributed by atoms with Crippen LogP contribution in [-0.2, 0) is 48.2 Å². The lowest BCUT2D eigenvalue weighted by Crippen LogP contribution is -2.42. The predicted octanol–water partition coefficient (Wildman–Crippen LogP) is 5.69. The van der Waals surface area contributed by atoms with Gasteiger partial charge in [0.25, 0.3) is 0 Å². The van der Waals surface area contributed by atoms with E-state index in [4.69, 9.17) is 28.4 Å². The minimum Gasteiger partial charge on any atom is -0.380 e. The lowest BCUT2D eigenvalue weighted by atomic mass is 9.80. The van der Waals surface area contributed by atoms with E-state index in [-0.39, 0.29) is 0 Å². The van der Waals surface area contributed by atoms with Crippen molar-refractivity contribution in [1.82, 2.24) is 0 Å². The van der Waals surface area contributed by atoms with E-state index in [2.05, 4.69) is 39.0 Å². The van der Waals surface area contributed by atoms with E-state index >= 15 is 0 Å². The Kier molecular flexibility index (Phi) is 10.2. The zero-order valence-corrected chi connectivity index (χ0v) is 22.9. The fourth-order valence-corrected chi connectivity index (χ4v) is 5.30. The number of hydrogen-bond donors (Lipinski definition) is 0. The first-order valence-corrected chi connectivity index (χ1v) is 14.1. The van der Waals surface area contributed by atoms with E-state index in [0.717, 1.165) is 98.0 Å². The molecule has 0 spiro atoms. The van der Waals surface area contributed by atoms with Gasteiger partial charge < -0.3 is 28.4 Å². The van der Waals surface area contributed by atoms with E-state index in [1.54, 1.807) is 0 Å². The van der Waals surface area contributed by atoms with E-state index in [9.17, 15) is 0 Å². The number of rotatable bonds is 18. The summed E-state index contributed by atoms with van der Waals surface area (Å²) in [6.45, 7) is 16.1. The van der Waals surface area contributed by atoms with Crippen molar-refractivity contribution in [3.05, 3.63) is 34.9 Å². The van der Waals surface area contributed by atoms with Gasteiger partial charge in [-0.3, -0.25) is 0 Å². The minimum absolute atomic E-state index is 0.315. The maximum Gasteiger partial charge on any atom is 0.0723 e. The third kappa shape index (κ3) is 6.89. The number of benzene rings is 1. The van der Waals surface area contributed by atoms with Crippen molar-refractivity contribution in [2.45, 2.75) is 79.1 Å². The Morgan fingerprint density at radius 1 is 0.583 bits per heavy atom. The van der Waals surface area contributed by atoms with Gasteiger partial charge in [-0.25, -0.2) is 0 Å². The molecule has 0 amide bonds. The topological polar surface area (TPSA) is 55.4 Å². The van der Waals surface area contributed by atoms with Crippen molar-refractivity contribution < 1.29 is 28.4 Å². The molecule has 3 fully saturated rings. The molecule has 3 heterocycles. The molecule has 6 heteroatoms. The van der Waals surface area contributed by atoms with E-state index in [0.29, 0.717) is 36.1 Å². The molecule has 4 rings (SSSR count). The average Bonchev–Trinajstić information content (AvgIpc) is 2.82. The smallest absolute Gasteiger partial charge is 0.0723 e. The molecule has 0 radical (unpaired) electrons. The molecule has 3 aliphatic rings. The van der Waals surface area contributed by atoms with Gasteiger partial charge in [0, 0.05) is 36.1 Å². The average molecular weight is 505 g/mol. The fraction of sp³-hybridized carbons (Fsp3) is 0.800. The van der Waals surface area contributed by atoms with Crippen LogP contribution in [0, 0.1) is 16.2 Å². The van der Waals surface area contributed by atoms with Crippen molar-refractivity contribution >= 4 is 0 Å². The lowest BCUT2D eigenvalue weighted by Gasteiger charge is -2.41. The molecule has 0 aliphatic carbocycles. The van der Waals surface area contributed by atoms with Gasteiger partial charge in [-0.05, 0) is 55.2 Å². The Hall–Kier alpha value is -1.02. The molecule has 0 saturated carbocycles. The normalized spacial score (nSPS) is 21.4. The van der Waals surface area contributed by atoms with Crippen LogP contribution in [0.25, 0.3) is 0 Å². The Labute approximate surface area is 218 Å². The highest BCUT2D eigenvalue weighted by Crippen LogP contribution is 2.36. The van der Waals surface area contributed by atoms with Gasteiger partial charge >= 0.3 is 0 Å². The van der Waals surface area contributed by atoms with Crippen LogP contribution >= 0.6 is 0 Å². The summed E-state index contributed by atoms with van der Waals surface area (Å²) >= 11 is 0. The molecular weight excluding hydrogens is 456 g/mol. The second-order valence-corrected chi connectivity index (χ2v) is 11.5. The lowest BCUT2D eigenvalue weighted by molar-refractivity contribution is -0.129. The van der Waals surface area contributed by atoms with Crippen molar-refractivity contribution in [2.24, 2.45) is 16.2 Å². The molecule has 204 valence electrons. The van der Waals surface area contributed by atoms with Crippen LogP contribution < -0.4 is 0 Å². The van der Waals surface area contributed by atoms with Crippen molar-refractivity contribution in [3.63, 3.8) is 0 Å². The Bertz CT molecular complexity index is 732. The Morgan fingerprint density at radius 2 is 0.944 bits per heavy atom. The van der Waals surface area contributed by atoms with E-state index < -0.39 is 0 Å². The van der Waals surface area contributed by atoms with Crippen LogP contribution in [0.15, 0.2) is 18.2 Å². The molecule has 0 N–H and O–H groups in total. The maximum absolute atomic E-state index is 6.24. The van der Waals surface area contributed by atoms with E-state index in [1.807, 2.05) is 0 Å². The molecular formula is C30H48O6. The standard InChI is InChI=1S/C30H48O6/c1-4-28(19-34-20-28)10-13-31-16-25-8-7-9-26(17-32-14-11-29(5-2)21-35-22-29)27(25)18-33-15-12-30(6-3)23-36-24-30/h7-9H,4-6,10-24H2,1-3H3. The van der Waals surface area contributed by atoms with E-state index in [1.165, 1.54) is 16.7 Å². The third-order valence-corrected chi connectivity index (χ3v) is 9.16. The zero-order valence-electron chi connectivity index (χ0n) is 22.9. The van der Waals surface area contributed by atoms with Crippen molar-refractivity contribution in [3.8, 4) is 0 Å². The summed E-state index contributed by atoms with van der Waals surface area (Å²) in [6, 6.07) is 6.48. The molecule has 0 bridgehead atoms.